The predicted octanol–water partition coefficient (Wildman–Crippen LogP) is 3.81. The summed E-state index contributed by atoms with van der Waals surface area (Å²) in [5.41, 5.74) is 4.19. The molecule has 0 aliphatic carbocycles. The number of rotatable bonds is 3. The van der Waals surface area contributed by atoms with Crippen LogP contribution in [0.25, 0.3) is 5.57 Å². The summed E-state index contributed by atoms with van der Waals surface area (Å²) in [4.78, 5) is 0. The fourth-order valence-electron chi connectivity index (χ4n) is 2.40. The normalized spacial score (nSPS) is 18.0. The molecule has 2 rings (SSSR count). The third kappa shape index (κ3) is 3.04. The van der Waals surface area contributed by atoms with Gasteiger partial charge in [0, 0.05) is 24.2 Å². The van der Waals surface area contributed by atoms with Crippen LogP contribution < -0.4 is 0 Å². The highest BCUT2D eigenvalue weighted by Crippen LogP contribution is 2.29. The van der Waals surface area contributed by atoms with Gasteiger partial charge in [0.15, 0.2) is 0 Å². The maximum Gasteiger partial charge on any atom is 0.0644 e. The van der Waals surface area contributed by atoms with Crippen molar-refractivity contribution in [1.29, 1.82) is 0 Å². The van der Waals surface area contributed by atoms with Crippen molar-refractivity contribution in [1.82, 2.24) is 9.78 Å². The van der Waals surface area contributed by atoms with Crippen LogP contribution in [0, 0.1) is 0 Å². The number of alkyl halides is 1. The van der Waals surface area contributed by atoms with Gasteiger partial charge in [-0.15, -0.1) is 0 Å². The molecule has 0 saturated carbocycles. The first-order valence-electron chi connectivity index (χ1n) is 6.62. The average molecular weight is 313 g/mol. The molecule has 2 heterocycles. The van der Waals surface area contributed by atoms with E-state index in [0.29, 0.717) is 6.04 Å². The molecule has 0 unspecified atom stereocenters. The summed E-state index contributed by atoms with van der Waals surface area (Å²) in [7, 11) is 0. The van der Waals surface area contributed by atoms with E-state index in [-0.39, 0.29) is 0 Å². The number of halogens is 1. The average Bonchev–Trinajstić information content (AvgIpc) is 2.78. The summed E-state index contributed by atoms with van der Waals surface area (Å²) < 4.78 is 7.70. The summed E-state index contributed by atoms with van der Waals surface area (Å²) in [5.74, 6) is 0. The van der Waals surface area contributed by atoms with Crippen molar-refractivity contribution < 1.29 is 4.74 Å². The van der Waals surface area contributed by atoms with Crippen LogP contribution in [-0.2, 0) is 4.74 Å². The molecular weight excluding hydrogens is 292 g/mol. The van der Waals surface area contributed by atoms with E-state index >= 15 is 0 Å². The molecule has 3 nitrogen and oxygen atoms in total. The van der Waals surface area contributed by atoms with Gasteiger partial charge >= 0.3 is 0 Å². The van der Waals surface area contributed by atoms with Gasteiger partial charge in [-0.1, -0.05) is 21.5 Å². The lowest BCUT2D eigenvalue weighted by atomic mass is 9.98. The quantitative estimate of drug-likeness (QED) is 0.793. The monoisotopic (exact) mass is 312 g/mol. The topological polar surface area (TPSA) is 27.1 Å². The molecule has 0 spiro atoms. The molecule has 0 amide bonds. The van der Waals surface area contributed by atoms with Gasteiger partial charge in [-0.05, 0) is 44.7 Å². The number of allylic oxidation sites excluding steroid dienone is 1. The summed E-state index contributed by atoms with van der Waals surface area (Å²) >= 11 is 3.62. The van der Waals surface area contributed by atoms with Gasteiger partial charge in [0.25, 0.3) is 0 Å². The zero-order valence-corrected chi connectivity index (χ0v) is 12.7. The van der Waals surface area contributed by atoms with Crippen LogP contribution in [0.2, 0.25) is 0 Å². The fourth-order valence-corrected chi connectivity index (χ4v) is 3.02. The van der Waals surface area contributed by atoms with Crippen LogP contribution in [-0.4, -0.2) is 28.3 Å². The molecule has 1 aliphatic rings. The van der Waals surface area contributed by atoms with Crippen molar-refractivity contribution in [3.63, 3.8) is 0 Å². The van der Waals surface area contributed by atoms with Crippen LogP contribution in [0.3, 0.4) is 0 Å². The van der Waals surface area contributed by atoms with Gasteiger partial charge in [-0.25, -0.2) is 0 Å². The van der Waals surface area contributed by atoms with Crippen LogP contribution in [0.4, 0.5) is 0 Å². The van der Waals surface area contributed by atoms with Crippen LogP contribution in [0.1, 0.15) is 44.8 Å². The molecule has 100 valence electrons. The Morgan fingerprint density at radius 1 is 1.39 bits per heavy atom. The maximum absolute atomic E-state index is 5.57. The number of hydrogen-bond acceptors (Lipinski definition) is 2. The van der Waals surface area contributed by atoms with E-state index in [0.717, 1.165) is 37.8 Å². The third-order valence-corrected chi connectivity index (χ3v) is 4.00. The molecule has 1 aromatic rings. The Bertz CT molecular complexity index is 423. The second kappa shape index (κ2) is 6.53. The van der Waals surface area contributed by atoms with Crippen molar-refractivity contribution in [2.24, 2.45) is 0 Å². The highest BCUT2D eigenvalue weighted by molar-refractivity contribution is 9.09. The Morgan fingerprint density at radius 2 is 2.22 bits per heavy atom. The highest BCUT2D eigenvalue weighted by atomic mass is 79.9. The minimum Gasteiger partial charge on any atom is -0.381 e. The molecule has 0 N–H and O–H groups in total. The first kappa shape index (κ1) is 13.8. The zero-order valence-electron chi connectivity index (χ0n) is 11.2. The van der Waals surface area contributed by atoms with Gasteiger partial charge in [0.2, 0.25) is 0 Å². The Balaban J connectivity index is 2.39. The van der Waals surface area contributed by atoms with Crippen molar-refractivity contribution in [2.45, 2.75) is 39.2 Å². The van der Waals surface area contributed by atoms with E-state index < -0.39 is 0 Å². The van der Waals surface area contributed by atoms with Crippen LogP contribution in [0.5, 0.6) is 0 Å². The highest BCUT2D eigenvalue weighted by Gasteiger charge is 2.16. The summed E-state index contributed by atoms with van der Waals surface area (Å²) in [6, 6.07) is 2.54. The SMILES string of the molecule is CC(C)n1nccc1C1=C(CBr)CCOCCC1. The smallest absolute Gasteiger partial charge is 0.0644 e. The molecule has 0 atom stereocenters. The molecule has 0 aromatic carbocycles. The molecule has 1 aromatic heterocycles. The van der Waals surface area contributed by atoms with Crippen molar-refractivity contribution in [2.75, 3.05) is 18.5 Å². The molecule has 0 fully saturated rings. The standard InChI is InChI=1S/C14H21BrN2O/c1-11(2)17-14(5-7-16-17)13-4-3-8-18-9-6-12(13)10-15/h5,7,11H,3-4,6,8-10H2,1-2H3. The van der Waals surface area contributed by atoms with E-state index in [1.54, 1.807) is 0 Å². The summed E-state index contributed by atoms with van der Waals surface area (Å²) in [5, 5.41) is 5.38. The number of hydrogen-bond donors (Lipinski definition) is 0. The van der Waals surface area contributed by atoms with E-state index in [9.17, 15) is 0 Å². The van der Waals surface area contributed by atoms with E-state index in [4.69, 9.17) is 4.74 Å². The lowest BCUT2D eigenvalue weighted by Crippen LogP contribution is -2.11. The summed E-state index contributed by atoms with van der Waals surface area (Å²) in [6.07, 6.45) is 5.10. The maximum atomic E-state index is 5.57. The lowest BCUT2D eigenvalue weighted by molar-refractivity contribution is 0.133. The lowest BCUT2D eigenvalue weighted by Gasteiger charge is -2.20. The third-order valence-electron chi connectivity index (χ3n) is 3.32. The number of ether oxygens (including phenoxy) is 1. The van der Waals surface area contributed by atoms with Gasteiger partial charge in [0.05, 0.1) is 12.3 Å². The Labute approximate surface area is 117 Å². The van der Waals surface area contributed by atoms with Gasteiger partial charge in [-0.2, -0.15) is 5.10 Å². The number of nitrogens with zero attached hydrogens (tertiary/aromatic N) is 2. The first-order chi connectivity index (χ1) is 8.74. The van der Waals surface area contributed by atoms with Gasteiger partial charge < -0.3 is 4.74 Å². The summed E-state index contributed by atoms with van der Waals surface area (Å²) in [6.45, 7) is 6.06. The molecule has 0 bridgehead atoms. The fraction of sp³-hybridized carbons (Fsp3) is 0.643. The molecule has 4 heteroatoms. The van der Waals surface area contributed by atoms with E-state index in [1.165, 1.54) is 16.8 Å². The molecule has 1 aliphatic heterocycles. The van der Waals surface area contributed by atoms with E-state index in [2.05, 4.69) is 45.6 Å². The largest absolute Gasteiger partial charge is 0.381 e. The molecule has 18 heavy (non-hydrogen) atoms. The number of aromatic nitrogens is 2. The Kier molecular flexibility index (Phi) is 5.01. The van der Waals surface area contributed by atoms with E-state index in [1.807, 2.05) is 6.20 Å². The van der Waals surface area contributed by atoms with Gasteiger partial charge in [0.1, 0.15) is 0 Å². The molecule has 0 saturated heterocycles. The van der Waals surface area contributed by atoms with Crippen molar-refractivity contribution >= 4 is 21.5 Å². The van der Waals surface area contributed by atoms with Crippen LogP contribution >= 0.6 is 15.9 Å². The zero-order chi connectivity index (χ0) is 13.0. The predicted molar refractivity (Wildman–Crippen MR) is 78.0 cm³/mol. The van der Waals surface area contributed by atoms with Crippen molar-refractivity contribution in [3.05, 3.63) is 23.5 Å². The Hall–Kier alpha value is -0.610. The second-order valence-corrected chi connectivity index (χ2v) is 5.50. The minimum atomic E-state index is 0.403. The Morgan fingerprint density at radius 3 is 2.94 bits per heavy atom. The molecule has 0 radical (unpaired) electrons. The van der Waals surface area contributed by atoms with Gasteiger partial charge in [-0.3, -0.25) is 4.68 Å². The first-order valence-corrected chi connectivity index (χ1v) is 7.74. The molecular formula is C14H21BrN2O. The minimum absolute atomic E-state index is 0.403. The van der Waals surface area contributed by atoms with Crippen LogP contribution in [0.15, 0.2) is 17.8 Å². The van der Waals surface area contributed by atoms with Crippen molar-refractivity contribution in [3.8, 4) is 0 Å². The second-order valence-electron chi connectivity index (χ2n) is 4.94.